The van der Waals surface area contributed by atoms with E-state index < -0.39 is 0 Å². The maximum absolute atomic E-state index is 12.5. The minimum absolute atomic E-state index is 0.139. The highest BCUT2D eigenvalue weighted by Gasteiger charge is 2.16. The van der Waals surface area contributed by atoms with Crippen LogP contribution in [0.15, 0.2) is 48.8 Å². The van der Waals surface area contributed by atoms with Crippen molar-refractivity contribution in [3.63, 3.8) is 0 Å². The zero-order valence-corrected chi connectivity index (χ0v) is 14.6. The standard InChI is InChI=1S/C18H16N4O2S/c1-11-16(25-18(20-11)13-4-3-9-19-10-13)17(24)22-15-7-5-14(6-8-15)21-12(2)23/h3-10H,1-2H3,(H,21,23)(H,22,24). The number of amides is 2. The summed E-state index contributed by atoms with van der Waals surface area (Å²) in [4.78, 5) is 32.6. The average molecular weight is 352 g/mol. The maximum Gasteiger partial charge on any atom is 0.267 e. The number of nitrogens with zero attached hydrogens (tertiary/aromatic N) is 2. The first kappa shape index (κ1) is 16.8. The first-order chi connectivity index (χ1) is 12.0. The van der Waals surface area contributed by atoms with E-state index in [0.29, 0.717) is 21.9 Å². The second-order valence-corrected chi connectivity index (χ2v) is 6.39. The Kier molecular flexibility index (Phi) is 4.85. The van der Waals surface area contributed by atoms with Crippen molar-refractivity contribution < 1.29 is 9.59 Å². The van der Waals surface area contributed by atoms with E-state index in [2.05, 4.69) is 20.6 Å². The van der Waals surface area contributed by atoms with Gasteiger partial charge in [0.25, 0.3) is 5.91 Å². The number of carbonyl (C=O) groups is 2. The number of carbonyl (C=O) groups excluding carboxylic acids is 2. The molecule has 0 saturated heterocycles. The van der Waals surface area contributed by atoms with Gasteiger partial charge in [0.15, 0.2) is 0 Å². The first-order valence-electron chi connectivity index (χ1n) is 7.60. The average Bonchev–Trinajstić information content (AvgIpc) is 2.99. The number of thiazole rings is 1. The fraction of sp³-hybridized carbons (Fsp3) is 0.111. The Hall–Kier alpha value is -3.06. The summed E-state index contributed by atoms with van der Waals surface area (Å²) in [7, 11) is 0. The Balaban J connectivity index is 1.75. The Labute approximate surface area is 149 Å². The summed E-state index contributed by atoms with van der Waals surface area (Å²) < 4.78 is 0. The van der Waals surface area contributed by atoms with Crippen molar-refractivity contribution in [1.82, 2.24) is 9.97 Å². The van der Waals surface area contributed by atoms with Crippen LogP contribution in [0, 0.1) is 6.92 Å². The van der Waals surface area contributed by atoms with Crippen molar-refractivity contribution in [3.8, 4) is 10.6 Å². The van der Waals surface area contributed by atoms with Gasteiger partial charge < -0.3 is 10.6 Å². The van der Waals surface area contributed by atoms with E-state index in [4.69, 9.17) is 0 Å². The fourth-order valence-electron chi connectivity index (χ4n) is 2.25. The molecule has 0 atom stereocenters. The molecule has 0 aliphatic rings. The van der Waals surface area contributed by atoms with Crippen molar-refractivity contribution >= 4 is 34.5 Å². The number of aromatic nitrogens is 2. The molecule has 0 fully saturated rings. The van der Waals surface area contributed by atoms with Crippen LogP contribution in [0.4, 0.5) is 11.4 Å². The minimum Gasteiger partial charge on any atom is -0.326 e. The van der Waals surface area contributed by atoms with E-state index in [1.807, 2.05) is 19.1 Å². The highest BCUT2D eigenvalue weighted by atomic mass is 32.1. The van der Waals surface area contributed by atoms with Gasteiger partial charge in [-0.1, -0.05) is 0 Å². The third-order valence-corrected chi connectivity index (χ3v) is 4.58. The first-order valence-corrected chi connectivity index (χ1v) is 8.41. The summed E-state index contributed by atoms with van der Waals surface area (Å²) in [6.07, 6.45) is 3.42. The fourth-order valence-corrected chi connectivity index (χ4v) is 3.20. The van der Waals surface area contributed by atoms with Gasteiger partial charge in [-0.25, -0.2) is 4.98 Å². The van der Waals surface area contributed by atoms with E-state index in [1.165, 1.54) is 18.3 Å². The van der Waals surface area contributed by atoms with Gasteiger partial charge in [0.05, 0.1) is 5.69 Å². The molecule has 3 rings (SSSR count). The molecule has 1 aromatic carbocycles. The normalized spacial score (nSPS) is 10.3. The van der Waals surface area contributed by atoms with Crippen LogP contribution in [0.25, 0.3) is 10.6 Å². The summed E-state index contributed by atoms with van der Waals surface area (Å²) in [5.74, 6) is -0.350. The van der Waals surface area contributed by atoms with E-state index in [-0.39, 0.29) is 11.8 Å². The predicted octanol–water partition coefficient (Wildman–Crippen LogP) is 3.72. The minimum atomic E-state index is -0.211. The number of nitrogens with one attached hydrogen (secondary N) is 2. The molecule has 0 aliphatic heterocycles. The molecule has 7 heteroatoms. The SMILES string of the molecule is CC(=O)Nc1ccc(NC(=O)c2sc(-c3cccnc3)nc2C)cc1. The van der Waals surface area contributed by atoms with Crippen LogP contribution in [0.1, 0.15) is 22.3 Å². The predicted molar refractivity (Wildman–Crippen MR) is 98.8 cm³/mol. The maximum atomic E-state index is 12.5. The third-order valence-electron chi connectivity index (χ3n) is 3.37. The molecular formula is C18H16N4O2S. The lowest BCUT2D eigenvalue weighted by molar-refractivity contribution is -0.114. The molecule has 6 nitrogen and oxygen atoms in total. The Bertz CT molecular complexity index is 905. The Morgan fingerprint density at radius 3 is 2.32 bits per heavy atom. The number of aryl methyl sites for hydroxylation is 1. The van der Waals surface area contributed by atoms with Crippen LogP contribution in [0.3, 0.4) is 0 Å². The number of anilines is 2. The molecule has 2 N–H and O–H groups in total. The molecule has 0 bridgehead atoms. The second-order valence-electron chi connectivity index (χ2n) is 5.39. The monoisotopic (exact) mass is 352 g/mol. The van der Waals surface area contributed by atoms with E-state index in [1.54, 1.807) is 36.7 Å². The van der Waals surface area contributed by atoms with Gasteiger partial charge in [-0.15, -0.1) is 11.3 Å². The molecule has 25 heavy (non-hydrogen) atoms. The smallest absolute Gasteiger partial charge is 0.267 e. The quantitative estimate of drug-likeness (QED) is 0.749. The number of rotatable bonds is 4. The zero-order valence-electron chi connectivity index (χ0n) is 13.7. The van der Waals surface area contributed by atoms with Crippen LogP contribution < -0.4 is 10.6 Å². The molecule has 0 aliphatic carbocycles. The highest BCUT2D eigenvalue weighted by Crippen LogP contribution is 2.28. The molecule has 2 amide bonds. The van der Waals surface area contributed by atoms with Crippen molar-refractivity contribution in [1.29, 1.82) is 0 Å². The Morgan fingerprint density at radius 2 is 1.72 bits per heavy atom. The largest absolute Gasteiger partial charge is 0.326 e. The zero-order chi connectivity index (χ0) is 17.8. The molecule has 2 heterocycles. The second kappa shape index (κ2) is 7.23. The lowest BCUT2D eigenvalue weighted by Crippen LogP contribution is -2.11. The number of hydrogen-bond donors (Lipinski definition) is 2. The van der Waals surface area contributed by atoms with Crippen molar-refractivity contribution in [2.24, 2.45) is 0 Å². The van der Waals surface area contributed by atoms with E-state index in [9.17, 15) is 9.59 Å². The van der Waals surface area contributed by atoms with Gasteiger partial charge in [-0.05, 0) is 43.3 Å². The number of pyridine rings is 1. The summed E-state index contributed by atoms with van der Waals surface area (Å²) in [6, 6.07) is 10.7. The van der Waals surface area contributed by atoms with E-state index in [0.717, 1.165) is 10.6 Å². The van der Waals surface area contributed by atoms with Crippen LogP contribution >= 0.6 is 11.3 Å². The molecular weight excluding hydrogens is 336 g/mol. The number of hydrogen-bond acceptors (Lipinski definition) is 5. The molecule has 0 spiro atoms. The molecule has 3 aromatic rings. The molecule has 0 radical (unpaired) electrons. The van der Waals surface area contributed by atoms with E-state index >= 15 is 0 Å². The van der Waals surface area contributed by atoms with Crippen LogP contribution in [-0.4, -0.2) is 21.8 Å². The summed E-state index contributed by atoms with van der Waals surface area (Å²) in [5.41, 5.74) is 2.89. The van der Waals surface area contributed by atoms with Gasteiger partial charge >= 0.3 is 0 Å². The van der Waals surface area contributed by atoms with Gasteiger partial charge in [-0.3, -0.25) is 14.6 Å². The molecule has 126 valence electrons. The number of benzene rings is 1. The topological polar surface area (TPSA) is 84.0 Å². The van der Waals surface area contributed by atoms with Crippen LogP contribution in [0.5, 0.6) is 0 Å². The lowest BCUT2D eigenvalue weighted by atomic mass is 10.2. The van der Waals surface area contributed by atoms with Gasteiger partial charge in [0.2, 0.25) is 5.91 Å². The van der Waals surface area contributed by atoms with Crippen molar-refractivity contribution in [2.45, 2.75) is 13.8 Å². The van der Waals surface area contributed by atoms with Gasteiger partial charge in [0, 0.05) is 36.3 Å². The van der Waals surface area contributed by atoms with Crippen LogP contribution in [-0.2, 0) is 4.79 Å². The highest BCUT2D eigenvalue weighted by molar-refractivity contribution is 7.17. The summed E-state index contributed by atoms with van der Waals surface area (Å²) >= 11 is 1.33. The van der Waals surface area contributed by atoms with Crippen molar-refractivity contribution in [3.05, 3.63) is 59.4 Å². The summed E-state index contributed by atoms with van der Waals surface area (Å²) in [5, 5.41) is 6.29. The van der Waals surface area contributed by atoms with Gasteiger partial charge in [0.1, 0.15) is 9.88 Å². The molecule has 0 saturated carbocycles. The summed E-state index contributed by atoms with van der Waals surface area (Å²) in [6.45, 7) is 3.26. The lowest BCUT2D eigenvalue weighted by Gasteiger charge is -2.06. The van der Waals surface area contributed by atoms with Crippen LogP contribution in [0.2, 0.25) is 0 Å². The van der Waals surface area contributed by atoms with Gasteiger partial charge in [-0.2, -0.15) is 0 Å². The third kappa shape index (κ3) is 4.07. The molecule has 2 aromatic heterocycles. The Morgan fingerprint density at radius 1 is 1.04 bits per heavy atom. The molecule has 0 unspecified atom stereocenters. The van der Waals surface area contributed by atoms with Crippen molar-refractivity contribution in [2.75, 3.05) is 10.6 Å².